The summed E-state index contributed by atoms with van der Waals surface area (Å²) in [6.07, 6.45) is 2.34. The first kappa shape index (κ1) is 14.4. The van der Waals surface area contributed by atoms with Crippen LogP contribution in [0.2, 0.25) is 0 Å². The summed E-state index contributed by atoms with van der Waals surface area (Å²) in [6.45, 7) is 9.24. The van der Waals surface area contributed by atoms with Crippen LogP contribution in [-0.4, -0.2) is 17.0 Å². The van der Waals surface area contributed by atoms with Gasteiger partial charge in [-0.2, -0.15) is 0 Å². The predicted molar refractivity (Wildman–Crippen MR) is 79.0 cm³/mol. The van der Waals surface area contributed by atoms with Gasteiger partial charge in [-0.3, -0.25) is 4.79 Å². The molecule has 108 valence electrons. The van der Waals surface area contributed by atoms with Gasteiger partial charge in [0.05, 0.1) is 6.26 Å². The molecule has 2 heterocycles. The van der Waals surface area contributed by atoms with E-state index in [0.29, 0.717) is 18.3 Å². The zero-order valence-electron chi connectivity index (χ0n) is 12.6. The molecular weight excluding hydrogens is 252 g/mol. The molecule has 0 radical (unpaired) electrons. The van der Waals surface area contributed by atoms with Gasteiger partial charge < -0.3 is 14.3 Å². The van der Waals surface area contributed by atoms with Gasteiger partial charge in [-0.25, -0.2) is 0 Å². The monoisotopic (exact) mass is 274 g/mol. The molecule has 2 aromatic heterocycles. The lowest BCUT2D eigenvalue weighted by atomic mass is 10.2. The molecule has 0 aliphatic carbocycles. The number of carbonyl (C=O) groups is 1. The maximum absolute atomic E-state index is 11.8. The maximum atomic E-state index is 11.8. The molecule has 0 fully saturated rings. The first-order valence-corrected chi connectivity index (χ1v) is 6.99. The minimum atomic E-state index is -0.160. The topological polar surface area (TPSA) is 47.2 Å². The number of carbonyl (C=O) groups excluding carboxylic acids is 1. The zero-order chi connectivity index (χ0) is 14.7. The Morgan fingerprint density at radius 2 is 2.15 bits per heavy atom. The Morgan fingerprint density at radius 3 is 2.70 bits per heavy atom. The lowest BCUT2D eigenvalue weighted by molar-refractivity contribution is 0.0926. The molecule has 0 saturated heterocycles. The van der Waals surface area contributed by atoms with Crippen molar-refractivity contribution in [3.63, 3.8) is 0 Å². The van der Waals surface area contributed by atoms with Crippen molar-refractivity contribution >= 4 is 5.91 Å². The Balaban J connectivity index is 1.95. The molecule has 0 aliphatic heterocycles. The van der Waals surface area contributed by atoms with Crippen LogP contribution in [0, 0.1) is 13.8 Å². The van der Waals surface area contributed by atoms with E-state index in [9.17, 15) is 4.79 Å². The van der Waals surface area contributed by atoms with Crippen LogP contribution in [0.4, 0.5) is 0 Å². The number of hydrogen-bond acceptors (Lipinski definition) is 2. The molecule has 1 N–H and O–H groups in total. The van der Waals surface area contributed by atoms with Gasteiger partial charge in [0.25, 0.3) is 5.91 Å². The minimum Gasteiger partial charge on any atom is -0.459 e. The predicted octanol–water partition coefficient (Wildman–Crippen LogP) is 3.25. The quantitative estimate of drug-likeness (QED) is 0.909. The smallest absolute Gasteiger partial charge is 0.286 e. The molecule has 0 aromatic carbocycles. The second kappa shape index (κ2) is 5.99. The molecular formula is C16H22N2O2. The van der Waals surface area contributed by atoms with Crippen molar-refractivity contribution in [2.75, 3.05) is 6.54 Å². The molecule has 2 rings (SSSR count). The van der Waals surface area contributed by atoms with Crippen molar-refractivity contribution in [1.82, 2.24) is 9.88 Å². The number of aromatic nitrogens is 1. The van der Waals surface area contributed by atoms with E-state index in [-0.39, 0.29) is 5.91 Å². The number of aryl methyl sites for hydroxylation is 1. The van der Waals surface area contributed by atoms with Gasteiger partial charge in [-0.15, -0.1) is 0 Å². The summed E-state index contributed by atoms with van der Waals surface area (Å²) in [7, 11) is 0. The van der Waals surface area contributed by atoms with Gasteiger partial charge >= 0.3 is 0 Å². The van der Waals surface area contributed by atoms with Crippen LogP contribution in [0.5, 0.6) is 0 Å². The third-order valence-electron chi connectivity index (χ3n) is 3.53. The molecule has 1 amide bonds. The zero-order valence-corrected chi connectivity index (χ0v) is 12.6. The van der Waals surface area contributed by atoms with E-state index in [1.165, 1.54) is 23.2 Å². The number of amides is 1. The maximum Gasteiger partial charge on any atom is 0.286 e. The van der Waals surface area contributed by atoms with Crippen molar-refractivity contribution < 1.29 is 9.21 Å². The Bertz CT molecular complexity index is 580. The lowest BCUT2D eigenvalue weighted by Crippen LogP contribution is -2.25. The van der Waals surface area contributed by atoms with Crippen LogP contribution in [0.3, 0.4) is 0 Å². The van der Waals surface area contributed by atoms with E-state index < -0.39 is 0 Å². The van der Waals surface area contributed by atoms with Crippen LogP contribution in [0.25, 0.3) is 0 Å². The highest BCUT2D eigenvalue weighted by Gasteiger charge is 2.12. The van der Waals surface area contributed by atoms with Gasteiger partial charge in [0.2, 0.25) is 0 Å². The van der Waals surface area contributed by atoms with Crippen LogP contribution < -0.4 is 5.32 Å². The summed E-state index contributed by atoms with van der Waals surface area (Å²) in [5.74, 6) is 0.199. The molecule has 2 aromatic rings. The number of rotatable bonds is 5. The van der Waals surface area contributed by atoms with E-state index >= 15 is 0 Å². The summed E-state index contributed by atoms with van der Waals surface area (Å²) in [5, 5.41) is 2.88. The fourth-order valence-corrected chi connectivity index (χ4v) is 2.70. The van der Waals surface area contributed by atoms with Crippen molar-refractivity contribution in [3.05, 3.63) is 47.2 Å². The highest BCUT2D eigenvalue weighted by atomic mass is 16.3. The Labute approximate surface area is 119 Å². The fraction of sp³-hybridized carbons (Fsp3) is 0.438. The van der Waals surface area contributed by atoms with Crippen LogP contribution >= 0.6 is 0 Å². The first-order valence-electron chi connectivity index (χ1n) is 6.99. The summed E-state index contributed by atoms with van der Waals surface area (Å²) in [6, 6.07) is 6.04. The third kappa shape index (κ3) is 2.95. The highest BCUT2D eigenvalue weighted by molar-refractivity contribution is 5.91. The average molecular weight is 274 g/mol. The molecule has 4 heteroatoms. The van der Waals surface area contributed by atoms with Crippen LogP contribution in [-0.2, 0) is 6.42 Å². The van der Waals surface area contributed by atoms with Crippen molar-refractivity contribution in [3.8, 4) is 0 Å². The molecule has 0 spiro atoms. The van der Waals surface area contributed by atoms with E-state index in [2.05, 4.69) is 43.6 Å². The van der Waals surface area contributed by atoms with Crippen molar-refractivity contribution in [1.29, 1.82) is 0 Å². The number of furan rings is 1. The average Bonchev–Trinajstić information content (AvgIpc) is 2.98. The number of nitrogens with zero attached hydrogens (tertiary/aromatic N) is 1. The minimum absolute atomic E-state index is 0.160. The second-order valence-corrected chi connectivity index (χ2v) is 5.34. The molecule has 0 saturated carbocycles. The summed E-state index contributed by atoms with van der Waals surface area (Å²) >= 11 is 0. The van der Waals surface area contributed by atoms with Gasteiger partial charge in [0, 0.05) is 24.0 Å². The summed E-state index contributed by atoms with van der Waals surface area (Å²) in [4.78, 5) is 11.8. The number of nitrogens with one attached hydrogen (secondary N) is 1. The highest BCUT2D eigenvalue weighted by Crippen LogP contribution is 2.20. The van der Waals surface area contributed by atoms with Gasteiger partial charge in [-0.1, -0.05) is 0 Å². The van der Waals surface area contributed by atoms with Crippen molar-refractivity contribution in [2.45, 2.75) is 40.2 Å². The van der Waals surface area contributed by atoms with E-state index in [1.807, 2.05) is 0 Å². The molecule has 0 atom stereocenters. The Morgan fingerprint density at radius 1 is 1.40 bits per heavy atom. The largest absolute Gasteiger partial charge is 0.459 e. The van der Waals surface area contributed by atoms with E-state index in [4.69, 9.17) is 4.42 Å². The van der Waals surface area contributed by atoms with Gasteiger partial charge in [-0.05, 0) is 57.9 Å². The molecule has 20 heavy (non-hydrogen) atoms. The third-order valence-corrected chi connectivity index (χ3v) is 3.53. The molecule has 0 bridgehead atoms. The standard InChI is InChI=1S/C16H22N2O2/c1-11(2)18-12(3)10-14(13(18)4)7-8-17-16(19)15-6-5-9-20-15/h5-6,9-11H,7-8H2,1-4H3,(H,17,19). The molecule has 4 nitrogen and oxygen atoms in total. The molecule has 0 unspecified atom stereocenters. The van der Waals surface area contributed by atoms with Crippen LogP contribution in [0.1, 0.15) is 47.4 Å². The summed E-state index contributed by atoms with van der Waals surface area (Å²) in [5.41, 5.74) is 3.84. The van der Waals surface area contributed by atoms with Crippen LogP contribution in [0.15, 0.2) is 28.9 Å². The first-order chi connectivity index (χ1) is 9.50. The number of hydrogen-bond donors (Lipinski definition) is 1. The second-order valence-electron chi connectivity index (χ2n) is 5.34. The Hall–Kier alpha value is -1.97. The van der Waals surface area contributed by atoms with Gasteiger partial charge in [0.1, 0.15) is 0 Å². The Kier molecular flexibility index (Phi) is 4.32. The molecule has 0 aliphatic rings. The van der Waals surface area contributed by atoms with Crippen molar-refractivity contribution in [2.24, 2.45) is 0 Å². The lowest BCUT2D eigenvalue weighted by Gasteiger charge is -2.13. The van der Waals surface area contributed by atoms with E-state index in [0.717, 1.165) is 6.42 Å². The summed E-state index contributed by atoms with van der Waals surface area (Å²) < 4.78 is 7.38. The normalized spacial score (nSPS) is 11.1. The van der Waals surface area contributed by atoms with E-state index in [1.54, 1.807) is 12.1 Å². The SMILES string of the molecule is Cc1cc(CCNC(=O)c2ccco2)c(C)n1C(C)C. The fourth-order valence-electron chi connectivity index (χ4n) is 2.70. The van der Waals surface area contributed by atoms with Gasteiger partial charge in [0.15, 0.2) is 5.76 Å².